The Kier molecular flexibility index (Phi) is 6.41. The van der Waals surface area contributed by atoms with Gasteiger partial charge < -0.3 is 19.7 Å². The maximum absolute atomic E-state index is 5.40. The number of nitrogens with zero attached hydrogens (tertiary/aromatic N) is 1. The van der Waals surface area contributed by atoms with E-state index in [-0.39, 0.29) is 0 Å². The minimum absolute atomic E-state index is 0.676. The Morgan fingerprint density at radius 2 is 1.61 bits per heavy atom. The Balaban J connectivity index is 1.52. The maximum atomic E-state index is 5.40. The van der Waals surface area contributed by atoms with Gasteiger partial charge >= 0.3 is 0 Å². The number of nitrogens with one attached hydrogen (secondary N) is 1. The average molecular weight is 256 g/mol. The van der Waals surface area contributed by atoms with Crippen LogP contribution in [0.1, 0.15) is 25.7 Å². The van der Waals surface area contributed by atoms with Crippen LogP contribution in [0.25, 0.3) is 0 Å². The highest BCUT2D eigenvalue weighted by Gasteiger charge is 2.16. The molecule has 2 aliphatic rings. The van der Waals surface area contributed by atoms with Gasteiger partial charge in [0.2, 0.25) is 0 Å². The molecule has 2 saturated heterocycles. The van der Waals surface area contributed by atoms with Gasteiger partial charge in [0.15, 0.2) is 0 Å². The zero-order valence-electron chi connectivity index (χ0n) is 11.7. The highest BCUT2D eigenvalue weighted by molar-refractivity contribution is 4.72. The topological polar surface area (TPSA) is 33.7 Å². The smallest absolute Gasteiger partial charge is 0.0480 e. The van der Waals surface area contributed by atoms with Gasteiger partial charge in [0.25, 0.3) is 0 Å². The summed E-state index contributed by atoms with van der Waals surface area (Å²) in [5.74, 6) is 0.840. The van der Waals surface area contributed by atoms with Crippen molar-refractivity contribution in [2.75, 3.05) is 53.1 Å². The Labute approximate surface area is 111 Å². The summed E-state index contributed by atoms with van der Waals surface area (Å²) in [7, 11) is 2.24. The summed E-state index contributed by atoms with van der Waals surface area (Å²) in [4.78, 5) is 2.46. The molecule has 0 aromatic rings. The highest BCUT2D eigenvalue weighted by Crippen LogP contribution is 2.15. The van der Waals surface area contributed by atoms with Crippen LogP contribution in [0.4, 0.5) is 0 Å². The highest BCUT2D eigenvalue weighted by atomic mass is 16.5. The molecule has 0 aliphatic carbocycles. The van der Waals surface area contributed by atoms with Crippen LogP contribution in [0.5, 0.6) is 0 Å². The SMILES string of the molecule is CN(CCNC1CCOCC1)CC1CCOCC1. The quantitative estimate of drug-likeness (QED) is 0.772. The van der Waals surface area contributed by atoms with Crippen LogP contribution in [0.15, 0.2) is 0 Å². The Bertz CT molecular complexity index is 214. The minimum atomic E-state index is 0.676. The van der Waals surface area contributed by atoms with E-state index in [1.165, 1.54) is 32.2 Å². The normalized spacial score (nSPS) is 23.7. The van der Waals surface area contributed by atoms with E-state index < -0.39 is 0 Å². The molecule has 18 heavy (non-hydrogen) atoms. The summed E-state index contributed by atoms with van der Waals surface area (Å²) in [5, 5.41) is 3.64. The van der Waals surface area contributed by atoms with Gasteiger partial charge in [0.05, 0.1) is 0 Å². The van der Waals surface area contributed by atoms with E-state index in [2.05, 4.69) is 17.3 Å². The summed E-state index contributed by atoms with van der Waals surface area (Å²) in [6, 6.07) is 0.676. The van der Waals surface area contributed by atoms with Gasteiger partial charge in [-0.2, -0.15) is 0 Å². The third-order valence-corrected chi connectivity index (χ3v) is 4.06. The predicted octanol–water partition coefficient (Wildman–Crippen LogP) is 1.11. The molecule has 4 nitrogen and oxygen atoms in total. The van der Waals surface area contributed by atoms with E-state index in [1.54, 1.807) is 0 Å². The molecule has 0 amide bonds. The fourth-order valence-corrected chi connectivity index (χ4v) is 2.82. The van der Waals surface area contributed by atoms with Crippen LogP contribution in [-0.2, 0) is 9.47 Å². The van der Waals surface area contributed by atoms with Crippen molar-refractivity contribution in [1.29, 1.82) is 0 Å². The summed E-state index contributed by atoms with van der Waals surface area (Å²) in [5.41, 5.74) is 0. The van der Waals surface area contributed by atoms with Gasteiger partial charge in [-0.15, -0.1) is 0 Å². The Hall–Kier alpha value is -0.160. The molecular formula is C14H28N2O2. The van der Waals surface area contributed by atoms with Crippen molar-refractivity contribution < 1.29 is 9.47 Å². The summed E-state index contributed by atoms with van der Waals surface area (Å²) >= 11 is 0. The van der Waals surface area contributed by atoms with E-state index in [4.69, 9.17) is 9.47 Å². The molecule has 0 radical (unpaired) electrons. The van der Waals surface area contributed by atoms with Crippen LogP contribution in [-0.4, -0.2) is 64.1 Å². The molecule has 0 saturated carbocycles. The lowest BCUT2D eigenvalue weighted by Gasteiger charge is -2.28. The van der Waals surface area contributed by atoms with Crippen molar-refractivity contribution >= 4 is 0 Å². The first-order valence-electron chi connectivity index (χ1n) is 7.42. The van der Waals surface area contributed by atoms with Gasteiger partial charge in [0.1, 0.15) is 0 Å². The van der Waals surface area contributed by atoms with Gasteiger partial charge in [0, 0.05) is 52.1 Å². The van der Waals surface area contributed by atoms with Crippen molar-refractivity contribution in [3.05, 3.63) is 0 Å². The zero-order valence-corrected chi connectivity index (χ0v) is 11.7. The first kappa shape index (κ1) is 14.3. The monoisotopic (exact) mass is 256 g/mol. The fraction of sp³-hybridized carbons (Fsp3) is 1.00. The second-order valence-electron chi connectivity index (χ2n) is 5.66. The zero-order chi connectivity index (χ0) is 12.6. The molecular weight excluding hydrogens is 228 g/mol. The van der Waals surface area contributed by atoms with Gasteiger partial charge in [-0.25, -0.2) is 0 Å². The first-order valence-corrected chi connectivity index (χ1v) is 7.42. The van der Waals surface area contributed by atoms with Crippen molar-refractivity contribution in [2.45, 2.75) is 31.7 Å². The molecule has 4 heteroatoms. The van der Waals surface area contributed by atoms with E-state index in [9.17, 15) is 0 Å². The Morgan fingerprint density at radius 3 is 2.28 bits per heavy atom. The lowest BCUT2D eigenvalue weighted by molar-refractivity contribution is 0.0551. The molecule has 106 valence electrons. The predicted molar refractivity (Wildman–Crippen MR) is 72.9 cm³/mol. The largest absolute Gasteiger partial charge is 0.381 e. The molecule has 2 heterocycles. The van der Waals surface area contributed by atoms with Crippen LogP contribution in [0.3, 0.4) is 0 Å². The number of likely N-dealkylation sites (N-methyl/N-ethyl adjacent to an activating group) is 1. The molecule has 0 atom stereocenters. The van der Waals surface area contributed by atoms with E-state index in [0.29, 0.717) is 6.04 Å². The molecule has 0 spiro atoms. The standard InChI is InChI=1S/C14H28N2O2/c1-16(12-13-2-8-17-9-3-13)7-6-15-14-4-10-18-11-5-14/h13-15H,2-12H2,1H3. The fourth-order valence-electron chi connectivity index (χ4n) is 2.82. The van der Waals surface area contributed by atoms with E-state index in [1.807, 2.05) is 0 Å². The van der Waals surface area contributed by atoms with E-state index in [0.717, 1.165) is 45.4 Å². The van der Waals surface area contributed by atoms with Crippen molar-refractivity contribution in [3.8, 4) is 0 Å². The molecule has 2 fully saturated rings. The molecule has 2 rings (SSSR count). The lowest BCUT2D eigenvalue weighted by atomic mass is 10.00. The molecule has 0 aromatic heterocycles. The number of ether oxygens (including phenoxy) is 2. The maximum Gasteiger partial charge on any atom is 0.0480 e. The summed E-state index contributed by atoms with van der Waals surface area (Å²) < 4.78 is 10.8. The van der Waals surface area contributed by atoms with E-state index >= 15 is 0 Å². The third kappa shape index (κ3) is 5.22. The van der Waals surface area contributed by atoms with Crippen molar-refractivity contribution in [3.63, 3.8) is 0 Å². The third-order valence-electron chi connectivity index (χ3n) is 4.06. The number of hydrogen-bond donors (Lipinski definition) is 1. The second-order valence-corrected chi connectivity index (χ2v) is 5.66. The minimum Gasteiger partial charge on any atom is -0.381 e. The van der Waals surface area contributed by atoms with Gasteiger partial charge in [-0.3, -0.25) is 0 Å². The average Bonchev–Trinajstić information content (AvgIpc) is 2.41. The molecule has 0 bridgehead atoms. The second kappa shape index (κ2) is 8.10. The first-order chi connectivity index (χ1) is 8.84. The summed E-state index contributed by atoms with van der Waals surface area (Å²) in [6.07, 6.45) is 4.81. The lowest BCUT2D eigenvalue weighted by Crippen LogP contribution is -2.40. The van der Waals surface area contributed by atoms with Crippen molar-refractivity contribution in [1.82, 2.24) is 10.2 Å². The number of hydrogen-bond acceptors (Lipinski definition) is 4. The van der Waals surface area contributed by atoms with Crippen LogP contribution < -0.4 is 5.32 Å². The van der Waals surface area contributed by atoms with Crippen LogP contribution >= 0.6 is 0 Å². The van der Waals surface area contributed by atoms with Crippen LogP contribution in [0.2, 0.25) is 0 Å². The molecule has 1 N–H and O–H groups in total. The molecule has 2 aliphatic heterocycles. The Morgan fingerprint density at radius 1 is 1.00 bits per heavy atom. The molecule has 0 unspecified atom stereocenters. The van der Waals surface area contributed by atoms with Gasteiger partial charge in [-0.05, 0) is 38.6 Å². The van der Waals surface area contributed by atoms with Crippen molar-refractivity contribution in [2.24, 2.45) is 5.92 Å². The molecule has 0 aromatic carbocycles. The van der Waals surface area contributed by atoms with Crippen LogP contribution in [0, 0.1) is 5.92 Å². The summed E-state index contributed by atoms with van der Waals surface area (Å²) in [6.45, 7) is 7.24. The van der Waals surface area contributed by atoms with Gasteiger partial charge in [-0.1, -0.05) is 0 Å². The number of rotatable bonds is 6.